The Balaban J connectivity index is 2.45. The Labute approximate surface area is 102 Å². The van der Waals surface area contributed by atoms with Crippen LogP contribution >= 0.6 is 0 Å². The molecular formula is C14H20FNO. The minimum absolute atomic E-state index is 0.231. The fourth-order valence-electron chi connectivity index (χ4n) is 2.67. The molecule has 0 aliphatic heterocycles. The molecule has 1 aliphatic carbocycles. The van der Waals surface area contributed by atoms with Gasteiger partial charge in [-0.2, -0.15) is 0 Å². The van der Waals surface area contributed by atoms with E-state index >= 15 is 0 Å². The van der Waals surface area contributed by atoms with Crippen LogP contribution < -0.4 is 10.5 Å². The van der Waals surface area contributed by atoms with Crippen molar-refractivity contribution in [2.75, 3.05) is 7.11 Å². The number of benzene rings is 1. The normalized spacial score (nSPS) is 19.1. The second-order valence-corrected chi connectivity index (χ2v) is 5.02. The predicted molar refractivity (Wildman–Crippen MR) is 66.6 cm³/mol. The highest BCUT2D eigenvalue weighted by Crippen LogP contribution is 2.40. The molecule has 2 rings (SSSR count). The Kier molecular flexibility index (Phi) is 3.38. The fourth-order valence-corrected chi connectivity index (χ4v) is 2.67. The minimum Gasteiger partial charge on any atom is -0.496 e. The Bertz CT molecular complexity index is 411. The molecule has 17 heavy (non-hydrogen) atoms. The molecule has 0 radical (unpaired) electrons. The van der Waals surface area contributed by atoms with Crippen LogP contribution in [-0.4, -0.2) is 7.11 Å². The van der Waals surface area contributed by atoms with E-state index in [9.17, 15) is 4.39 Å². The quantitative estimate of drug-likeness (QED) is 0.856. The number of rotatable bonds is 2. The monoisotopic (exact) mass is 237 g/mol. The van der Waals surface area contributed by atoms with Gasteiger partial charge in [-0.25, -0.2) is 4.39 Å². The van der Waals surface area contributed by atoms with Crippen molar-refractivity contribution in [2.45, 2.75) is 44.6 Å². The van der Waals surface area contributed by atoms with E-state index in [0.29, 0.717) is 11.3 Å². The number of hydrogen-bond donors (Lipinski definition) is 1. The highest BCUT2D eigenvalue weighted by Gasteiger charge is 2.32. The summed E-state index contributed by atoms with van der Waals surface area (Å²) in [5, 5.41) is 0. The third kappa shape index (κ3) is 2.29. The molecule has 94 valence electrons. The number of nitrogens with two attached hydrogens (primary N) is 1. The predicted octanol–water partition coefficient (Wildman–Crippen LogP) is 3.26. The van der Waals surface area contributed by atoms with E-state index < -0.39 is 0 Å². The van der Waals surface area contributed by atoms with Crippen LogP contribution in [0.15, 0.2) is 12.1 Å². The average Bonchev–Trinajstić information content (AvgIpc) is 2.33. The van der Waals surface area contributed by atoms with Gasteiger partial charge in [-0.15, -0.1) is 0 Å². The van der Waals surface area contributed by atoms with E-state index in [1.165, 1.54) is 12.5 Å². The molecule has 0 bridgehead atoms. The molecule has 1 aromatic rings. The van der Waals surface area contributed by atoms with Crippen molar-refractivity contribution < 1.29 is 9.13 Å². The van der Waals surface area contributed by atoms with Crippen LogP contribution in [0.3, 0.4) is 0 Å². The summed E-state index contributed by atoms with van der Waals surface area (Å²) in [6, 6.07) is 3.30. The summed E-state index contributed by atoms with van der Waals surface area (Å²) in [5.41, 5.74) is 7.72. The standard InChI is InChI=1S/C14H20FNO/c1-10-8-11(13(17-2)9-12(10)15)14(16)6-4-3-5-7-14/h8-9H,3-7,16H2,1-2H3. The van der Waals surface area contributed by atoms with Crippen molar-refractivity contribution >= 4 is 0 Å². The maximum absolute atomic E-state index is 13.5. The second kappa shape index (κ2) is 4.65. The summed E-state index contributed by atoms with van der Waals surface area (Å²) in [7, 11) is 1.57. The van der Waals surface area contributed by atoms with Crippen LogP contribution in [0, 0.1) is 12.7 Å². The number of methoxy groups -OCH3 is 1. The van der Waals surface area contributed by atoms with Gasteiger partial charge < -0.3 is 10.5 Å². The zero-order valence-electron chi connectivity index (χ0n) is 10.6. The van der Waals surface area contributed by atoms with Gasteiger partial charge in [0.25, 0.3) is 0 Å². The van der Waals surface area contributed by atoms with Gasteiger partial charge in [-0.3, -0.25) is 0 Å². The molecule has 0 aromatic heterocycles. The van der Waals surface area contributed by atoms with Gasteiger partial charge in [-0.1, -0.05) is 19.3 Å². The van der Waals surface area contributed by atoms with Crippen LogP contribution in [0.4, 0.5) is 4.39 Å². The van der Waals surface area contributed by atoms with Crippen molar-refractivity contribution in [3.05, 3.63) is 29.1 Å². The van der Waals surface area contributed by atoms with Gasteiger partial charge in [0.2, 0.25) is 0 Å². The van der Waals surface area contributed by atoms with Gasteiger partial charge >= 0.3 is 0 Å². The van der Waals surface area contributed by atoms with Crippen molar-refractivity contribution in [1.29, 1.82) is 0 Å². The summed E-state index contributed by atoms with van der Waals surface area (Å²) < 4.78 is 18.8. The van der Waals surface area contributed by atoms with Gasteiger partial charge in [0, 0.05) is 17.2 Å². The van der Waals surface area contributed by atoms with E-state index in [1.807, 2.05) is 6.07 Å². The third-order valence-electron chi connectivity index (χ3n) is 3.76. The summed E-state index contributed by atoms with van der Waals surface area (Å²) in [6.45, 7) is 1.77. The van der Waals surface area contributed by atoms with E-state index in [-0.39, 0.29) is 11.4 Å². The minimum atomic E-state index is -0.345. The maximum Gasteiger partial charge on any atom is 0.129 e. The van der Waals surface area contributed by atoms with Crippen molar-refractivity contribution in [3.63, 3.8) is 0 Å². The molecule has 2 nitrogen and oxygen atoms in total. The molecule has 1 aromatic carbocycles. The lowest BCUT2D eigenvalue weighted by atomic mass is 9.76. The Hall–Kier alpha value is -1.09. The van der Waals surface area contributed by atoms with Crippen LogP contribution in [-0.2, 0) is 5.54 Å². The number of ether oxygens (including phenoxy) is 1. The molecule has 2 N–H and O–H groups in total. The summed E-state index contributed by atoms with van der Waals surface area (Å²) >= 11 is 0. The van der Waals surface area contributed by atoms with Gasteiger partial charge in [0.15, 0.2) is 0 Å². The molecule has 3 heteroatoms. The van der Waals surface area contributed by atoms with Crippen LogP contribution in [0.25, 0.3) is 0 Å². The summed E-state index contributed by atoms with van der Waals surface area (Å²) in [4.78, 5) is 0. The lowest BCUT2D eigenvalue weighted by Gasteiger charge is -2.35. The maximum atomic E-state index is 13.5. The average molecular weight is 237 g/mol. The zero-order valence-corrected chi connectivity index (χ0v) is 10.6. The molecule has 0 unspecified atom stereocenters. The first kappa shape index (κ1) is 12.4. The largest absolute Gasteiger partial charge is 0.496 e. The Morgan fingerprint density at radius 2 is 1.88 bits per heavy atom. The smallest absolute Gasteiger partial charge is 0.129 e. The van der Waals surface area contributed by atoms with E-state index in [4.69, 9.17) is 10.5 Å². The first-order valence-corrected chi connectivity index (χ1v) is 6.20. The second-order valence-electron chi connectivity index (χ2n) is 5.02. The van der Waals surface area contributed by atoms with E-state index in [2.05, 4.69) is 0 Å². The molecule has 0 saturated heterocycles. The Morgan fingerprint density at radius 3 is 2.47 bits per heavy atom. The molecule has 0 atom stereocenters. The number of aryl methyl sites for hydroxylation is 1. The highest BCUT2D eigenvalue weighted by atomic mass is 19.1. The number of hydrogen-bond acceptors (Lipinski definition) is 2. The molecule has 1 fully saturated rings. The number of halogens is 1. The molecule has 0 heterocycles. The third-order valence-corrected chi connectivity index (χ3v) is 3.76. The zero-order chi connectivity index (χ0) is 12.5. The first-order chi connectivity index (χ1) is 8.07. The summed E-state index contributed by atoms with van der Waals surface area (Å²) in [5.74, 6) is 0.350. The lowest BCUT2D eigenvalue weighted by Crippen LogP contribution is -2.39. The highest BCUT2D eigenvalue weighted by molar-refractivity contribution is 5.42. The van der Waals surface area contributed by atoms with Crippen LogP contribution in [0.5, 0.6) is 5.75 Å². The van der Waals surface area contributed by atoms with Gasteiger partial charge in [0.05, 0.1) is 7.11 Å². The van der Waals surface area contributed by atoms with E-state index in [0.717, 1.165) is 31.2 Å². The first-order valence-electron chi connectivity index (χ1n) is 6.20. The molecule has 0 spiro atoms. The van der Waals surface area contributed by atoms with Crippen molar-refractivity contribution in [2.24, 2.45) is 5.73 Å². The van der Waals surface area contributed by atoms with Crippen LogP contribution in [0.2, 0.25) is 0 Å². The van der Waals surface area contributed by atoms with Gasteiger partial charge in [-0.05, 0) is 31.4 Å². The lowest BCUT2D eigenvalue weighted by molar-refractivity contribution is 0.288. The SMILES string of the molecule is COc1cc(F)c(C)cc1C1(N)CCCCC1. The van der Waals surface area contributed by atoms with Crippen molar-refractivity contribution in [1.82, 2.24) is 0 Å². The Morgan fingerprint density at radius 1 is 1.24 bits per heavy atom. The van der Waals surface area contributed by atoms with Gasteiger partial charge in [0.1, 0.15) is 11.6 Å². The molecule has 1 aliphatic rings. The fraction of sp³-hybridized carbons (Fsp3) is 0.571. The molecule has 0 amide bonds. The molecular weight excluding hydrogens is 217 g/mol. The topological polar surface area (TPSA) is 35.2 Å². The molecule has 1 saturated carbocycles. The van der Waals surface area contributed by atoms with E-state index in [1.54, 1.807) is 14.0 Å². The summed E-state index contributed by atoms with van der Waals surface area (Å²) in [6.07, 6.45) is 5.41. The van der Waals surface area contributed by atoms with Crippen LogP contribution in [0.1, 0.15) is 43.2 Å². The van der Waals surface area contributed by atoms with Crippen molar-refractivity contribution in [3.8, 4) is 5.75 Å².